The Morgan fingerprint density at radius 2 is 0.767 bits per heavy atom. The van der Waals surface area contributed by atoms with Gasteiger partial charge >= 0.3 is 0 Å². The maximum Gasteiger partial charge on any atom is 0.0540 e. The van der Waals surface area contributed by atoms with E-state index in [1.807, 2.05) is 0 Å². The molecule has 286 valence electrons. The summed E-state index contributed by atoms with van der Waals surface area (Å²) in [5, 5.41) is 2.51. The fourth-order valence-corrected chi connectivity index (χ4v) is 8.52. The second-order valence-corrected chi connectivity index (χ2v) is 15.3. The molecular formula is C58H44N2. The van der Waals surface area contributed by atoms with Crippen molar-refractivity contribution in [2.75, 3.05) is 9.80 Å². The number of rotatable bonds is 10. The quantitative estimate of drug-likeness (QED) is 0.137. The highest BCUT2D eigenvalue weighted by Gasteiger charge is 2.19. The molecule has 2 heteroatoms. The highest BCUT2D eigenvalue weighted by molar-refractivity contribution is 5.97. The van der Waals surface area contributed by atoms with Gasteiger partial charge in [0.1, 0.15) is 0 Å². The van der Waals surface area contributed by atoms with Gasteiger partial charge in [-0.1, -0.05) is 182 Å². The molecule has 0 bridgehead atoms. The Morgan fingerprint density at radius 1 is 0.317 bits per heavy atom. The van der Waals surface area contributed by atoms with E-state index in [0.29, 0.717) is 0 Å². The Hall–Kier alpha value is -7.68. The van der Waals surface area contributed by atoms with Gasteiger partial charge in [-0.3, -0.25) is 0 Å². The van der Waals surface area contributed by atoms with Crippen molar-refractivity contribution in [3.05, 3.63) is 248 Å². The topological polar surface area (TPSA) is 6.48 Å². The van der Waals surface area contributed by atoms with Crippen LogP contribution in [-0.4, -0.2) is 0 Å². The van der Waals surface area contributed by atoms with E-state index in [4.69, 9.17) is 0 Å². The van der Waals surface area contributed by atoms with Crippen molar-refractivity contribution in [3.8, 4) is 44.5 Å². The summed E-state index contributed by atoms with van der Waals surface area (Å²) in [5.41, 5.74) is 16.6. The van der Waals surface area contributed by atoms with Crippen LogP contribution < -0.4 is 9.80 Å². The summed E-state index contributed by atoms with van der Waals surface area (Å²) in [7, 11) is 0. The van der Waals surface area contributed by atoms with E-state index < -0.39 is 0 Å². The van der Waals surface area contributed by atoms with Crippen LogP contribution in [0.1, 0.15) is 12.8 Å². The second kappa shape index (κ2) is 16.7. The highest BCUT2D eigenvalue weighted by atomic mass is 15.2. The highest BCUT2D eigenvalue weighted by Crippen LogP contribution is 2.42. The van der Waals surface area contributed by atoms with Crippen molar-refractivity contribution in [1.29, 1.82) is 0 Å². The van der Waals surface area contributed by atoms with E-state index in [1.165, 1.54) is 61.0 Å². The first-order valence-electron chi connectivity index (χ1n) is 20.8. The first-order valence-corrected chi connectivity index (χ1v) is 20.8. The first-order chi connectivity index (χ1) is 29.8. The van der Waals surface area contributed by atoms with Crippen LogP contribution in [-0.2, 0) is 0 Å². The second-order valence-electron chi connectivity index (χ2n) is 15.3. The van der Waals surface area contributed by atoms with E-state index in [0.717, 1.165) is 41.3 Å². The maximum atomic E-state index is 2.40. The Kier molecular flexibility index (Phi) is 10.2. The smallest absolute Gasteiger partial charge is 0.0540 e. The van der Waals surface area contributed by atoms with Crippen LogP contribution in [0.15, 0.2) is 248 Å². The number of allylic oxidation sites excluding steroid dienone is 4. The molecule has 0 unspecified atom stereocenters. The van der Waals surface area contributed by atoms with Crippen LogP contribution >= 0.6 is 0 Å². The molecule has 0 amide bonds. The lowest BCUT2D eigenvalue weighted by Crippen LogP contribution is -2.17. The van der Waals surface area contributed by atoms with Crippen molar-refractivity contribution in [2.45, 2.75) is 12.8 Å². The zero-order chi connectivity index (χ0) is 40.1. The molecule has 0 aromatic heterocycles. The van der Waals surface area contributed by atoms with E-state index in [1.54, 1.807) is 0 Å². The van der Waals surface area contributed by atoms with Gasteiger partial charge in [-0.2, -0.15) is 0 Å². The first kappa shape index (κ1) is 36.6. The van der Waals surface area contributed by atoms with Crippen molar-refractivity contribution >= 4 is 39.2 Å². The van der Waals surface area contributed by atoms with Crippen LogP contribution in [0.2, 0.25) is 0 Å². The van der Waals surface area contributed by atoms with Gasteiger partial charge in [0.2, 0.25) is 0 Å². The molecule has 0 heterocycles. The molecule has 2 nitrogen and oxygen atoms in total. The predicted molar refractivity (Wildman–Crippen MR) is 255 cm³/mol. The minimum Gasteiger partial charge on any atom is -0.314 e. The van der Waals surface area contributed by atoms with Gasteiger partial charge in [-0.05, 0) is 123 Å². The molecule has 0 aliphatic heterocycles. The van der Waals surface area contributed by atoms with Crippen molar-refractivity contribution in [3.63, 3.8) is 0 Å². The Labute approximate surface area is 353 Å². The van der Waals surface area contributed by atoms with E-state index in [9.17, 15) is 0 Å². The monoisotopic (exact) mass is 768 g/mol. The van der Waals surface area contributed by atoms with Gasteiger partial charge in [0.15, 0.2) is 0 Å². The Bertz CT molecular complexity index is 2920. The zero-order valence-electron chi connectivity index (χ0n) is 33.4. The lowest BCUT2D eigenvalue weighted by atomic mass is 9.97. The number of hydrogen-bond acceptors (Lipinski definition) is 2. The van der Waals surface area contributed by atoms with E-state index >= 15 is 0 Å². The van der Waals surface area contributed by atoms with Gasteiger partial charge in [0, 0.05) is 34.0 Å². The number of hydrogen-bond donors (Lipinski definition) is 0. The van der Waals surface area contributed by atoms with Crippen molar-refractivity contribution in [1.82, 2.24) is 0 Å². The molecule has 0 N–H and O–H groups in total. The van der Waals surface area contributed by atoms with Crippen LogP contribution in [0.5, 0.6) is 0 Å². The number of para-hydroxylation sites is 2. The fraction of sp³-hybridized carbons (Fsp3) is 0.0345. The molecule has 9 aromatic rings. The molecule has 10 rings (SSSR count). The van der Waals surface area contributed by atoms with Gasteiger partial charge in [0.25, 0.3) is 0 Å². The van der Waals surface area contributed by atoms with Gasteiger partial charge in [0.05, 0.1) is 5.69 Å². The summed E-state index contributed by atoms with van der Waals surface area (Å²) in [6.07, 6.45) is 8.72. The molecule has 9 aromatic carbocycles. The lowest BCUT2D eigenvalue weighted by Gasteiger charge is -2.29. The summed E-state index contributed by atoms with van der Waals surface area (Å²) in [6, 6.07) is 81.1. The summed E-state index contributed by atoms with van der Waals surface area (Å²) in [6.45, 7) is 0. The molecule has 0 saturated carbocycles. The minimum absolute atomic E-state index is 1.000. The summed E-state index contributed by atoms with van der Waals surface area (Å²) in [4.78, 5) is 4.77. The van der Waals surface area contributed by atoms with E-state index in [-0.39, 0.29) is 0 Å². The predicted octanol–water partition coefficient (Wildman–Crippen LogP) is 16.3. The van der Waals surface area contributed by atoms with Crippen LogP contribution in [0.25, 0.3) is 55.3 Å². The van der Waals surface area contributed by atoms with Crippen LogP contribution in [0.3, 0.4) is 0 Å². The third-order valence-electron chi connectivity index (χ3n) is 11.6. The Morgan fingerprint density at radius 3 is 1.42 bits per heavy atom. The number of benzene rings is 9. The van der Waals surface area contributed by atoms with Gasteiger partial charge in [-0.25, -0.2) is 0 Å². The zero-order valence-corrected chi connectivity index (χ0v) is 33.4. The third-order valence-corrected chi connectivity index (χ3v) is 11.6. The lowest BCUT2D eigenvalue weighted by molar-refractivity contribution is 0.918. The van der Waals surface area contributed by atoms with Gasteiger partial charge in [-0.15, -0.1) is 0 Å². The molecule has 0 atom stereocenters. The summed E-state index contributed by atoms with van der Waals surface area (Å²) < 4.78 is 0. The van der Waals surface area contributed by atoms with Crippen LogP contribution in [0, 0.1) is 0 Å². The number of nitrogens with zero attached hydrogens (tertiary/aromatic N) is 2. The summed E-state index contributed by atoms with van der Waals surface area (Å²) >= 11 is 0. The molecule has 1 aliphatic carbocycles. The summed E-state index contributed by atoms with van der Waals surface area (Å²) in [5.74, 6) is 0. The molecule has 0 radical (unpaired) electrons. The number of fused-ring (bicyclic) bond motifs is 1. The SMILES string of the molecule is C1=CCCC(N(c2ccc(-c3ccccc3)cc2)c2ccc(-c3ccc(-c4ccccc4N(c4ccccc4)c4ccc(-c5cccc6ccccc56)cc4)cc3)cc2)=C1. The number of anilines is 5. The average Bonchev–Trinajstić information content (AvgIpc) is 3.33. The van der Waals surface area contributed by atoms with Gasteiger partial charge < -0.3 is 9.80 Å². The minimum atomic E-state index is 1.000. The standard InChI is InChI=1S/C58H44N2/c1-4-15-43(16-5-1)45-31-37-52(38-32-45)59(50-19-6-2-7-20-50)53-39-33-46(34-40-53)44-27-29-49(30-28-44)57-24-12-13-26-58(57)60(51-21-8-3-9-22-51)54-41-35-48(36-42-54)56-25-14-18-47-17-10-11-23-55(47)56/h1-6,8-19,21-42H,7,20H2. The largest absolute Gasteiger partial charge is 0.314 e. The van der Waals surface area contributed by atoms with Crippen LogP contribution in [0.4, 0.5) is 28.4 Å². The Balaban J connectivity index is 0.945. The van der Waals surface area contributed by atoms with E-state index in [2.05, 4.69) is 252 Å². The average molecular weight is 769 g/mol. The normalized spacial score (nSPS) is 12.2. The molecule has 0 spiro atoms. The third kappa shape index (κ3) is 7.43. The fourth-order valence-electron chi connectivity index (χ4n) is 8.52. The maximum absolute atomic E-state index is 2.40. The molecular weight excluding hydrogens is 725 g/mol. The molecule has 0 saturated heterocycles. The van der Waals surface area contributed by atoms with Crippen molar-refractivity contribution in [2.24, 2.45) is 0 Å². The van der Waals surface area contributed by atoms with Crippen molar-refractivity contribution < 1.29 is 0 Å². The molecule has 60 heavy (non-hydrogen) atoms. The molecule has 1 aliphatic rings. The molecule has 0 fully saturated rings.